The highest BCUT2D eigenvalue weighted by Gasteiger charge is 2.14. The molecule has 9 heteroatoms. The second-order valence-corrected chi connectivity index (χ2v) is 7.62. The van der Waals surface area contributed by atoms with E-state index in [-0.39, 0.29) is 16.3 Å². The van der Waals surface area contributed by atoms with Crippen molar-refractivity contribution >= 4 is 58.7 Å². The number of carbonyl (C=O) groups is 3. The fourth-order valence-electron chi connectivity index (χ4n) is 2.52. The lowest BCUT2D eigenvalue weighted by atomic mass is 10.2. The number of rotatable bonds is 5. The molecule has 6 nitrogen and oxygen atoms in total. The van der Waals surface area contributed by atoms with Crippen molar-refractivity contribution in [3.8, 4) is 5.75 Å². The molecular formula is C23H15Cl3N2O4. The maximum absolute atomic E-state index is 12.5. The third-order valence-corrected chi connectivity index (χ3v) is 4.89. The van der Waals surface area contributed by atoms with E-state index in [2.05, 4.69) is 10.9 Å². The summed E-state index contributed by atoms with van der Waals surface area (Å²) in [6.07, 6.45) is 2.62. The van der Waals surface area contributed by atoms with Crippen molar-refractivity contribution in [2.75, 3.05) is 0 Å². The SMILES string of the molecule is O=C(/C=C/c1ccccc1OC(=O)c1ccc(Cl)cc1Cl)NNC(=O)c1ccc(Cl)cc1. The van der Waals surface area contributed by atoms with Crippen LogP contribution >= 0.6 is 34.8 Å². The molecule has 0 aliphatic carbocycles. The van der Waals surface area contributed by atoms with Crippen LogP contribution in [0.15, 0.2) is 72.8 Å². The van der Waals surface area contributed by atoms with Crippen LogP contribution in [-0.2, 0) is 4.79 Å². The highest BCUT2D eigenvalue weighted by atomic mass is 35.5. The summed E-state index contributed by atoms with van der Waals surface area (Å²) in [5.74, 6) is -1.54. The molecule has 162 valence electrons. The molecule has 0 heterocycles. The lowest BCUT2D eigenvalue weighted by Gasteiger charge is -2.09. The van der Waals surface area contributed by atoms with Gasteiger partial charge in [0.2, 0.25) is 0 Å². The minimum atomic E-state index is -0.674. The lowest BCUT2D eigenvalue weighted by molar-refractivity contribution is -0.117. The van der Waals surface area contributed by atoms with Crippen molar-refractivity contribution in [3.63, 3.8) is 0 Å². The van der Waals surface area contributed by atoms with Crippen LogP contribution in [0.5, 0.6) is 5.75 Å². The van der Waals surface area contributed by atoms with Crippen molar-refractivity contribution in [2.45, 2.75) is 0 Å². The molecule has 0 saturated heterocycles. The third-order valence-electron chi connectivity index (χ3n) is 4.09. The summed E-state index contributed by atoms with van der Waals surface area (Å²) >= 11 is 17.7. The van der Waals surface area contributed by atoms with E-state index in [1.807, 2.05) is 0 Å². The van der Waals surface area contributed by atoms with Crippen molar-refractivity contribution in [1.29, 1.82) is 0 Å². The zero-order valence-corrected chi connectivity index (χ0v) is 18.5. The van der Waals surface area contributed by atoms with Gasteiger partial charge >= 0.3 is 5.97 Å². The second kappa shape index (κ2) is 10.8. The lowest BCUT2D eigenvalue weighted by Crippen LogP contribution is -2.40. The van der Waals surface area contributed by atoms with Crippen molar-refractivity contribution in [1.82, 2.24) is 10.9 Å². The van der Waals surface area contributed by atoms with Crippen LogP contribution in [0.2, 0.25) is 15.1 Å². The minimum absolute atomic E-state index is 0.150. The number of esters is 1. The first-order valence-corrected chi connectivity index (χ1v) is 10.3. The van der Waals surface area contributed by atoms with Crippen LogP contribution in [0.25, 0.3) is 6.08 Å². The van der Waals surface area contributed by atoms with Crippen LogP contribution in [0, 0.1) is 0 Å². The number of benzene rings is 3. The van der Waals surface area contributed by atoms with E-state index >= 15 is 0 Å². The Labute approximate surface area is 198 Å². The summed E-state index contributed by atoms with van der Waals surface area (Å²) in [6, 6.07) is 17.2. The average molecular weight is 490 g/mol. The molecule has 0 bridgehead atoms. The predicted molar refractivity (Wildman–Crippen MR) is 124 cm³/mol. The Balaban J connectivity index is 1.63. The van der Waals surface area contributed by atoms with Gasteiger partial charge in [0.15, 0.2) is 0 Å². The van der Waals surface area contributed by atoms with E-state index in [0.717, 1.165) is 0 Å². The Morgan fingerprint density at radius 3 is 2.22 bits per heavy atom. The van der Waals surface area contributed by atoms with E-state index in [1.54, 1.807) is 36.4 Å². The van der Waals surface area contributed by atoms with Crippen LogP contribution in [-0.4, -0.2) is 17.8 Å². The molecule has 2 N–H and O–H groups in total. The zero-order valence-electron chi connectivity index (χ0n) is 16.3. The predicted octanol–water partition coefficient (Wildman–Crippen LogP) is 5.34. The second-order valence-electron chi connectivity index (χ2n) is 6.34. The van der Waals surface area contributed by atoms with E-state index in [4.69, 9.17) is 39.5 Å². The van der Waals surface area contributed by atoms with E-state index in [9.17, 15) is 14.4 Å². The normalized spacial score (nSPS) is 10.6. The van der Waals surface area contributed by atoms with Gasteiger partial charge in [-0.05, 0) is 54.6 Å². The largest absolute Gasteiger partial charge is 0.422 e. The van der Waals surface area contributed by atoms with Gasteiger partial charge in [-0.15, -0.1) is 0 Å². The number of hydrazine groups is 1. The Hall–Kier alpha value is -3.32. The number of halogens is 3. The quantitative estimate of drug-likeness (QED) is 0.219. The summed E-state index contributed by atoms with van der Waals surface area (Å²) in [5.41, 5.74) is 5.50. The molecule has 0 radical (unpaired) electrons. The summed E-state index contributed by atoms with van der Waals surface area (Å²) in [4.78, 5) is 36.6. The van der Waals surface area contributed by atoms with Crippen molar-refractivity contribution < 1.29 is 19.1 Å². The molecule has 2 amide bonds. The Morgan fingerprint density at radius 2 is 1.50 bits per heavy atom. The minimum Gasteiger partial charge on any atom is -0.422 e. The molecule has 0 spiro atoms. The average Bonchev–Trinajstić information content (AvgIpc) is 2.77. The summed E-state index contributed by atoms with van der Waals surface area (Å²) in [5, 5.41) is 1.04. The molecule has 3 rings (SSSR count). The van der Waals surface area contributed by atoms with Gasteiger partial charge in [-0.25, -0.2) is 4.79 Å². The van der Waals surface area contributed by atoms with Gasteiger partial charge in [0.25, 0.3) is 11.8 Å². The van der Waals surface area contributed by atoms with Gasteiger partial charge in [-0.2, -0.15) is 0 Å². The highest BCUT2D eigenvalue weighted by molar-refractivity contribution is 6.36. The summed E-state index contributed by atoms with van der Waals surface area (Å²) < 4.78 is 5.42. The van der Waals surface area contributed by atoms with Crippen LogP contribution in [0.4, 0.5) is 0 Å². The standard InChI is InChI=1S/C23H15Cl3N2O4/c24-16-8-5-15(6-9-16)22(30)28-27-21(29)12-7-14-3-1-2-4-20(14)32-23(31)18-11-10-17(25)13-19(18)26/h1-13H,(H,27,29)(H,28,30)/b12-7+. The van der Waals surface area contributed by atoms with Crippen LogP contribution in [0.3, 0.4) is 0 Å². The van der Waals surface area contributed by atoms with Gasteiger partial charge in [-0.3, -0.25) is 20.4 Å². The maximum Gasteiger partial charge on any atom is 0.345 e. The number of amides is 2. The first kappa shape index (κ1) is 23.3. The summed E-state index contributed by atoms with van der Waals surface area (Å²) in [6.45, 7) is 0. The Bertz CT molecular complexity index is 1190. The molecular weight excluding hydrogens is 475 g/mol. The van der Waals surface area contributed by atoms with Crippen molar-refractivity contribution in [3.05, 3.63) is 105 Å². The number of ether oxygens (including phenoxy) is 1. The van der Waals surface area contributed by atoms with Gasteiger partial charge < -0.3 is 4.74 Å². The van der Waals surface area contributed by atoms with E-state index < -0.39 is 17.8 Å². The summed E-state index contributed by atoms with van der Waals surface area (Å²) in [7, 11) is 0. The topological polar surface area (TPSA) is 84.5 Å². The third kappa shape index (κ3) is 6.34. The number of nitrogens with one attached hydrogen (secondary N) is 2. The molecule has 0 aromatic heterocycles. The van der Waals surface area contributed by atoms with Crippen LogP contribution < -0.4 is 15.6 Å². The Kier molecular flexibility index (Phi) is 7.89. The molecule has 0 aliphatic heterocycles. The number of para-hydroxylation sites is 1. The molecule has 0 aliphatic rings. The molecule has 0 unspecified atom stereocenters. The first-order chi connectivity index (χ1) is 15.3. The number of carbonyl (C=O) groups excluding carboxylic acids is 3. The number of hydrogen-bond donors (Lipinski definition) is 2. The molecule has 0 fully saturated rings. The van der Waals surface area contributed by atoms with Crippen molar-refractivity contribution in [2.24, 2.45) is 0 Å². The zero-order chi connectivity index (χ0) is 23.1. The fourth-order valence-corrected chi connectivity index (χ4v) is 3.13. The molecule has 0 saturated carbocycles. The number of hydrogen-bond acceptors (Lipinski definition) is 4. The molecule has 3 aromatic carbocycles. The first-order valence-electron chi connectivity index (χ1n) is 9.14. The molecule has 0 atom stereocenters. The van der Waals surface area contributed by atoms with Crippen LogP contribution in [0.1, 0.15) is 26.3 Å². The van der Waals surface area contributed by atoms with Gasteiger partial charge in [0, 0.05) is 27.2 Å². The fraction of sp³-hybridized carbons (Fsp3) is 0. The molecule has 3 aromatic rings. The maximum atomic E-state index is 12.5. The van der Waals surface area contributed by atoms with Gasteiger partial charge in [-0.1, -0.05) is 53.0 Å². The van der Waals surface area contributed by atoms with Gasteiger partial charge in [0.05, 0.1) is 10.6 Å². The smallest absolute Gasteiger partial charge is 0.345 e. The molecule has 32 heavy (non-hydrogen) atoms. The van der Waals surface area contributed by atoms with Gasteiger partial charge in [0.1, 0.15) is 5.75 Å². The monoisotopic (exact) mass is 488 g/mol. The van der Waals surface area contributed by atoms with E-state index in [0.29, 0.717) is 21.2 Å². The van der Waals surface area contributed by atoms with E-state index in [1.165, 1.54) is 42.5 Å². The Morgan fingerprint density at radius 1 is 0.812 bits per heavy atom. The highest BCUT2D eigenvalue weighted by Crippen LogP contribution is 2.25.